The molecule has 1 unspecified atom stereocenters. The van der Waals surface area contributed by atoms with E-state index in [1.807, 2.05) is 24.8 Å². The molecule has 0 aliphatic rings. The zero-order chi connectivity index (χ0) is 12.9. The van der Waals surface area contributed by atoms with Crippen molar-refractivity contribution in [1.82, 2.24) is 0 Å². The number of benzene rings is 1. The van der Waals surface area contributed by atoms with E-state index in [0.29, 0.717) is 13.0 Å². The monoisotopic (exact) mass is 240 g/mol. The third-order valence-corrected chi connectivity index (χ3v) is 2.87. The van der Waals surface area contributed by atoms with Gasteiger partial charge in [0.15, 0.2) is 0 Å². The Balaban J connectivity index is 2.66. The first kappa shape index (κ1) is 13.9. The minimum atomic E-state index is -0.583. The van der Waals surface area contributed by atoms with Gasteiger partial charge in [-0.1, -0.05) is 6.07 Å². The molecule has 3 nitrogen and oxygen atoms in total. The van der Waals surface area contributed by atoms with Gasteiger partial charge in [0.1, 0.15) is 5.82 Å². The predicted molar refractivity (Wildman–Crippen MR) is 68.6 cm³/mol. The van der Waals surface area contributed by atoms with Gasteiger partial charge in [-0.05, 0) is 38.5 Å². The van der Waals surface area contributed by atoms with Crippen molar-refractivity contribution in [2.24, 2.45) is 5.73 Å². The normalized spacial score (nSPS) is 14.4. The molecule has 1 aromatic rings. The van der Waals surface area contributed by atoms with E-state index in [1.54, 1.807) is 6.07 Å². The zero-order valence-corrected chi connectivity index (χ0v) is 10.5. The Morgan fingerprint density at radius 2 is 2.18 bits per heavy atom. The Kier molecular flexibility index (Phi) is 4.90. The maximum absolute atomic E-state index is 13.1. The fourth-order valence-corrected chi connectivity index (χ4v) is 1.61. The van der Waals surface area contributed by atoms with Crippen LogP contribution >= 0.6 is 0 Å². The summed E-state index contributed by atoms with van der Waals surface area (Å²) in [6.45, 7) is 5.26. The molecule has 4 heteroatoms. The van der Waals surface area contributed by atoms with Gasteiger partial charge in [-0.25, -0.2) is 4.39 Å². The van der Waals surface area contributed by atoms with Gasteiger partial charge >= 0.3 is 0 Å². The van der Waals surface area contributed by atoms with E-state index >= 15 is 0 Å². The minimum absolute atomic E-state index is 0.0479. The van der Waals surface area contributed by atoms with Crippen LogP contribution in [-0.2, 0) is 0 Å². The standard InChI is InChI=1S/C13H21FN2O/c1-3-16(8-7-13(2,15)10-17)12-6-4-5-11(14)9-12/h4-6,9,17H,3,7-8,10,15H2,1-2H3. The second kappa shape index (κ2) is 5.98. The summed E-state index contributed by atoms with van der Waals surface area (Å²) >= 11 is 0. The highest BCUT2D eigenvalue weighted by atomic mass is 19.1. The van der Waals surface area contributed by atoms with E-state index in [1.165, 1.54) is 12.1 Å². The molecule has 17 heavy (non-hydrogen) atoms. The lowest BCUT2D eigenvalue weighted by molar-refractivity contribution is 0.202. The first-order valence-corrected chi connectivity index (χ1v) is 5.89. The lowest BCUT2D eigenvalue weighted by atomic mass is 10.0. The summed E-state index contributed by atoms with van der Waals surface area (Å²) in [5, 5.41) is 9.09. The van der Waals surface area contributed by atoms with Gasteiger partial charge in [0.25, 0.3) is 0 Å². The number of rotatable bonds is 6. The Morgan fingerprint density at radius 1 is 1.47 bits per heavy atom. The molecule has 0 bridgehead atoms. The fourth-order valence-electron chi connectivity index (χ4n) is 1.61. The molecule has 0 saturated heterocycles. The molecule has 1 rings (SSSR count). The quantitative estimate of drug-likeness (QED) is 0.796. The first-order valence-electron chi connectivity index (χ1n) is 5.89. The number of halogens is 1. The SMILES string of the molecule is CCN(CCC(C)(N)CO)c1cccc(F)c1. The molecule has 0 heterocycles. The van der Waals surface area contributed by atoms with Crippen LogP contribution in [0.5, 0.6) is 0 Å². The Morgan fingerprint density at radius 3 is 2.71 bits per heavy atom. The number of aliphatic hydroxyl groups is 1. The first-order chi connectivity index (χ1) is 7.98. The Labute approximate surface area is 102 Å². The zero-order valence-electron chi connectivity index (χ0n) is 10.5. The van der Waals surface area contributed by atoms with Gasteiger partial charge in [0.2, 0.25) is 0 Å². The average Bonchev–Trinajstić information content (AvgIpc) is 2.30. The number of nitrogens with zero attached hydrogens (tertiary/aromatic N) is 1. The largest absolute Gasteiger partial charge is 0.394 e. The summed E-state index contributed by atoms with van der Waals surface area (Å²) in [4.78, 5) is 2.05. The molecular weight excluding hydrogens is 219 g/mol. The molecule has 0 radical (unpaired) electrons. The van der Waals surface area contributed by atoms with E-state index in [4.69, 9.17) is 10.8 Å². The van der Waals surface area contributed by atoms with Crippen LogP contribution in [0.4, 0.5) is 10.1 Å². The second-order valence-corrected chi connectivity index (χ2v) is 4.62. The molecule has 0 aliphatic carbocycles. The van der Waals surface area contributed by atoms with E-state index < -0.39 is 5.54 Å². The average molecular weight is 240 g/mol. The van der Waals surface area contributed by atoms with Gasteiger partial charge in [-0.15, -0.1) is 0 Å². The van der Waals surface area contributed by atoms with Gasteiger partial charge < -0.3 is 15.7 Å². The number of aliphatic hydroxyl groups excluding tert-OH is 1. The predicted octanol–water partition coefficient (Wildman–Crippen LogP) is 1.75. The van der Waals surface area contributed by atoms with Crippen LogP contribution in [-0.4, -0.2) is 30.3 Å². The van der Waals surface area contributed by atoms with Crippen molar-refractivity contribution >= 4 is 5.69 Å². The van der Waals surface area contributed by atoms with Crippen molar-refractivity contribution < 1.29 is 9.50 Å². The minimum Gasteiger partial charge on any atom is -0.394 e. The van der Waals surface area contributed by atoms with E-state index in [2.05, 4.69) is 0 Å². The lowest BCUT2D eigenvalue weighted by Crippen LogP contribution is -2.43. The topological polar surface area (TPSA) is 49.5 Å². The molecule has 0 fully saturated rings. The molecule has 0 aromatic heterocycles. The van der Waals surface area contributed by atoms with Gasteiger partial charge in [-0.2, -0.15) is 0 Å². The molecule has 1 atom stereocenters. The number of hydrogen-bond donors (Lipinski definition) is 2. The molecule has 0 amide bonds. The third-order valence-electron chi connectivity index (χ3n) is 2.87. The van der Waals surface area contributed by atoms with Crippen LogP contribution in [0.25, 0.3) is 0 Å². The van der Waals surface area contributed by atoms with Crippen molar-refractivity contribution in [2.75, 3.05) is 24.6 Å². The fraction of sp³-hybridized carbons (Fsp3) is 0.538. The van der Waals surface area contributed by atoms with E-state index in [-0.39, 0.29) is 12.4 Å². The molecule has 0 aliphatic heterocycles. The molecule has 96 valence electrons. The van der Waals surface area contributed by atoms with Crippen LogP contribution < -0.4 is 10.6 Å². The lowest BCUT2D eigenvalue weighted by Gasteiger charge is -2.28. The van der Waals surface area contributed by atoms with Gasteiger partial charge in [0, 0.05) is 24.3 Å². The van der Waals surface area contributed by atoms with Gasteiger partial charge in [-0.3, -0.25) is 0 Å². The summed E-state index contributed by atoms with van der Waals surface area (Å²) in [5.41, 5.74) is 6.14. The van der Waals surface area contributed by atoms with Crippen LogP contribution in [0.2, 0.25) is 0 Å². The highest BCUT2D eigenvalue weighted by Gasteiger charge is 2.18. The Bertz CT molecular complexity index is 355. The third kappa shape index (κ3) is 4.32. The summed E-state index contributed by atoms with van der Waals surface area (Å²) in [7, 11) is 0. The summed E-state index contributed by atoms with van der Waals surface area (Å²) in [6, 6.07) is 6.51. The van der Waals surface area contributed by atoms with Crippen LogP contribution in [0.15, 0.2) is 24.3 Å². The summed E-state index contributed by atoms with van der Waals surface area (Å²) < 4.78 is 13.1. The number of nitrogens with two attached hydrogens (primary N) is 1. The van der Waals surface area contributed by atoms with Crippen LogP contribution in [0.3, 0.4) is 0 Å². The second-order valence-electron chi connectivity index (χ2n) is 4.62. The van der Waals surface area contributed by atoms with Crippen LogP contribution in [0, 0.1) is 5.82 Å². The highest BCUT2D eigenvalue weighted by molar-refractivity contribution is 5.46. The smallest absolute Gasteiger partial charge is 0.125 e. The molecule has 0 saturated carbocycles. The maximum Gasteiger partial charge on any atom is 0.125 e. The Hall–Kier alpha value is -1.13. The molecule has 0 spiro atoms. The van der Waals surface area contributed by atoms with Crippen molar-refractivity contribution in [3.05, 3.63) is 30.1 Å². The molecule has 3 N–H and O–H groups in total. The van der Waals surface area contributed by atoms with Crippen molar-refractivity contribution in [3.8, 4) is 0 Å². The van der Waals surface area contributed by atoms with E-state index in [0.717, 1.165) is 12.2 Å². The van der Waals surface area contributed by atoms with Gasteiger partial charge in [0.05, 0.1) is 6.61 Å². The summed E-state index contributed by atoms with van der Waals surface area (Å²) in [5.74, 6) is -0.237. The highest BCUT2D eigenvalue weighted by Crippen LogP contribution is 2.17. The summed E-state index contributed by atoms with van der Waals surface area (Å²) in [6.07, 6.45) is 0.661. The molecular formula is C13H21FN2O. The maximum atomic E-state index is 13.1. The van der Waals surface area contributed by atoms with E-state index in [9.17, 15) is 4.39 Å². The number of anilines is 1. The number of hydrogen-bond acceptors (Lipinski definition) is 3. The van der Waals surface area contributed by atoms with Crippen molar-refractivity contribution in [1.29, 1.82) is 0 Å². The van der Waals surface area contributed by atoms with Crippen molar-refractivity contribution in [2.45, 2.75) is 25.8 Å². The van der Waals surface area contributed by atoms with Crippen LogP contribution in [0.1, 0.15) is 20.3 Å². The molecule has 1 aromatic carbocycles. The van der Waals surface area contributed by atoms with Crippen molar-refractivity contribution in [3.63, 3.8) is 0 Å².